The molecule has 2 aliphatic rings. The molecule has 1 N–H and O–H groups in total. The summed E-state index contributed by atoms with van der Waals surface area (Å²) in [5.41, 5.74) is 2.01. The van der Waals surface area contributed by atoms with Crippen molar-refractivity contribution in [1.29, 1.82) is 0 Å². The van der Waals surface area contributed by atoms with Crippen LogP contribution >= 0.6 is 0 Å². The first-order chi connectivity index (χ1) is 6.72. The molecule has 0 spiro atoms. The Hall–Kier alpha value is -1.12. The summed E-state index contributed by atoms with van der Waals surface area (Å²) in [6.45, 7) is 2.14. The first kappa shape index (κ1) is 9.44. The van der Waals surface area contributed by atoms with Crippen molar-refractivity contribution < 1.29 is 9.59 Å². The molecule has 2 rings (SSSR count). The van der Waals surface area contributed by atoms with E-state index in [2.05, 4.69) is 12.2 Å². The summed E-state index contributed by atoms with van der Waals surface area (Å²) in [7, 11) is 0. The molecule has 1 saturated carbocycles. The number of hydrogen-bond donors (Lipinski definition) is 1. The van der Waals surface area contributed by atoms with E-state index in [0.29, 0.717) is 12.3 Å². The third-order valence-corrected chi connectivity index (χ3v) is 3.24. The van der Waals surface area contributed by atoms with Gasteiger partial charge in [-0.3, -0.25) is 14.9 Å². The molecule has 3 heteroatoms. The Balaban J connectivity index is 2.30. The van der Waals surface area contributed by atoms with Crippen LogP contribution in [0.25, 0.3) is 0 Å². The van der Waals surface area contributed by atoms with Gasteiger partial charge in [-0.05, 0) is 31.6 Å². The van der Waals surface area contributed by atoms with Crippen LogP contribution < -0.4 is 5.32 Å². The van der Waals surface area contributed by atoms with Gasteiger partial charge in [0.1, 0.15) is 0 Å². The maximum absolute atomic E-state index is 11.4. The van der Waals surface area contributed by atoms with Gasteiger partial charge in [-0.15, -0.1) is 0 Å². The van der Waals surface area contributed by atoms with Crippen LogP contribution in [0.5, 0.6) is 0 Å². The minimum atomic E-state index is -0.148. The number of carbonyl (C=O) groups excluding carboxylic acids is 2. The number of imide groups is 1. The summed E-state index contributed by atoms with van der Waals surface area (Å²) in [6, 6.07) is 0. The van der Waals surface area contributed by atoms with Crippen molar-refractivity contribution in [2.24, 2.45) is 5.92 Å². The van der Waals surface area contributed by atoms with E-state index in [-0.39, 0.29) is 11.8 Å². The second kappa shape index (κ2) is 3.56. The molecule has 1 aliphatic carbocycles. The number of hydrogen-bond acceptors (Lipinski definition) is 2. The summed E-state index contributed by atoms with van der Waals surface area (Å²) < 4.78 is 0. The average molecular weight is 193 g/mol. The molecule has 2 fully saturated rings. The predicted octanol–water partition coefficient (Wildman–Crippen LogP) is 1.54. The van der Waals surface area contributed by atoms with Crippen LogP contribution in [0, 0.1) is 5.92 Å². The Morgan fingerprint density at radius 1 is 1.43 bits per heavy atom. The Morgan fingerprint density at radius 2 is 2.21 bits per heavy atom. The van der Waals surface area contributed by atoms with E-state index < -0.39 is 0 Å². The summed E-state index contributed by atoms with van der Waals surface area (Å²) in [4.78, 5) is 22.5. The van der Waals surface area contributed by atoms with E-state index in [1.165, 1.54) is 18.4 Å². The highest BCUT2D eigenvalue weighted by molar-refractivity contribution is 6.13. The number of nitrogens with one attached hydrogen (secondary N) is 1. The summed E-state index contributed by atoms with van der Waals surface area (Å²) in [6.07, 6.45) is 4.75. The molecule has 0 aromatic carbocycles. The SMILES string of the molecule is CCC1CCC/C1=C1\CC(=O)NC1=O. The summed E-state index contributed by atoms with van der Waals surface area (Å²) in [5, 5.41) is 2.35. The topological polar surface area (TPSA) is 46.2 Å². The molecule has 1 atom stereocenters. The van der Waals surface area contributed by atoms with Gasteiger partial charge in [0.15, 0.2) is 0 Å². The van der Waals surface area contributed by atoms with Crippen molar-refractivity contribution in [3.63, 3.8) is 0 Å². The number of rotatable bonds is 1. The smallest absolute Gasteiger partial charge is 0.254 e. The zero-order valence-electron chi connectivity index (χ0n) is 8.43. The van der Waals surface area contributed by atoms with Crippen LogP contribution in [-0.2, 0) is 9.59 Å². The maximum Gasteiger partial charge on any atom is 0.254 e. The molecule has 0 bridgehead atoms. The van der Waals surface area contributed by atoms with Gasteiger partial charge in [0.05, 0.1) is 6.42 Å². The van der Waals surface area contributed by atoms with Gasteiger partial charge in [0, 0.05) is 5.57 Å². The molecule has 0 aromatic heterocycles. The van der Waals surface area contributed by atoms with Gasteiger partial charge in [-0.25, -0.2) is 0 Å². The molecule has 2 amide bonds. The van der Waals surface area contributed by atoms with E-state index >= 15 is 0 Å². The average Bonchev–Trinajstić information content (AvgIpc) is 2.71. The van der Waals surface area contributed by atoms with Crippen molar-refractivity contribution in [1.82, 2.24) is 5.32 Å². The Bertz CT molecular complexity index is 317. The molecular weight excluding hydrogens is 178 g/mol. The molecule has 1 heterocycles. The van der Waals surface area contributed by atoms with E-state index in [1.54, 1.807) is 0 Å². The third-order valence-electron chi connectivity index (χ3n) is 3.24. The van der Waals surface area contributed by atoms with Crippen molar-refractivity contribution in [2.45, 2.75) is 39.0 Å². The van der Waals surface area contributed by atoms with Gasteiger partial charge in [-0.1, -0.05) is 12.5 Å². The maximum atomic E-state index is 11.4. The highest BCUT2D eigenvalue weighted by atomic mass is 16.2. The van der Waals surface area contributed by atoms with Gasteiger partial charge in [0.25, 0.3) is 5.91 Å². The van der Waals surface area contributed by atoms with E-state index in [1.807, 2.05) is 0 Å². The van der Waals surface area contributed by atoms with Gasteiger partial charge in [0.2, 0.25) is 5.91 Å². The van der Waals surface area contributed by atoms with E-state index in [4.69, 9.17) is 0 Å². The summed E-state index contributed by atoms with van der Waals surface area (Å²) >= 11 is 0. The van der Waals surface area contributed by atoms with Gasteiger partial charge < -0.3 is 0 Å². The molecule has 0 radical (unpaired) electrons. The van der Waals surface area contributed by atoms with Crippen LogP contribution in [0.1, 0.15) is 39.0 Å². The van der Waals surface area contributed by atoms with E-state index in [9.17, 15) is 9.59 Å². The normalized spacial score (nSPS) is 32.5. The monoisotopic (exact) mass is 193 g/mol. The van der Waals surface area contributed by atoms with Gasteiger partial charge >= 0.3 is 0 Å². The van der Waals surface area contributed by atoms with Crippen LogP contribution in [0.2, 0.25) is 0 Å². The zero-order valence-corrected chi connectivity index (χ0v) is 8.43. The third kappa shape index (κ3) is 1.47. The van der Waals surface area contributed by atoms with Crippen LogP contribution in [0.15, 0.2) is 11.1 Å². The number of allylic oxidation sites excluding steroid dienone is 1. The van der Waals surface area contributed by atoms with E-state index in [0.717, 1.165) is 18.4 Å². The predicted molar refractivity (Wildman–Crippen MR) is 52.4 cm³/mol. The van der Waals surface area contributed by atoms with Crippen molar-refractivity contribution in [2.75, 3.05) is 0 Å². The lowest BCUT2D eigenvalue weighted by molar-refractivity contribution is -0.124. The number of carbonyl (C=O) groups is 2. The van der Waals surface area contributed by atoms with Crippen LogP contribution in [0.3, 0.4) is 0 Å². The molecule has 3 nitrogen and oxygen atoms in total. The Labute approximate surface area is 83.6 Å². The fraction of sp³-hybridized carbons (Fsp3) is 0.636. The fourth-order valence-corrected chi connectivity index (χ4v) is 2.51. The van der Waals surface area contributed by atoms with Crippen LogP contribution in [-0.4, -0.2) is 11.8 Å². The molecule has 1 aliphatic heterocycles. The molecule has 14 heavy (non-hydrogen) atoms. The van der Waals surface area contributed by atoms with Crippen molar-refractivity contribution >= 4 is 11.8 Å². The van der Waals surface area contributed by atoms with Gasteiger partial charge in [-0.2, -0.15) is 0 Å². The molecule has 0 aromatic rings. The highest BCUT2D eigenvalue weighted by Crippen LogP contribution is 2.37. The quantitative estimate of drug-likeness (QED) is 0.507. The highest BCUT2D eigenvalue weighted by Gasteiger charge is 2.31. The fourth-order valence-electron chi connectivity index (χ4n) is 2.51. The lowest BCUT2D eigenvalue weighted by Crippen LogP contribution is -2.20. The molecule has 1 saturated heterocycles. The minimum absolute atomic E-state index is 0.140. The first-order valence-electron chi connectivity index (χ1n) is 5.28. The lowest BCUT2D eigenvalue weighted by atomic mass is 9.94. The Kier molecular flexibility index (Phi) is 2.40. The minimum Gasteiger partial charge on any atom is -0.292 e. The van der Waals surface area contributed by atoms with Crippen LogP contribution in [0.4, 0.5) is 0 Å². The van der Waals surface area contributed by atoms with Crippen molar-refractivity contribution in [3.05, 3.63) is 11.1 Å². The zero-order chi connectivity index (χ0) is 10.1. The standard InChI is InChI=1S/C11H15NO2/c1-2-7-4-3-5-8(7)9-6-10(13)12-11(9)14/h7H,2-6H2,1H3,(H,12,13,14)/b9-8-. The second-order valence-corrected chi connectivity index (χ2v) is 4.06. The molecular formula is C11H15NO2. The Morgan fingerprint density at radius 3 is 2.79 bits per heavy atom. The second-order valence-electron chi connectivity index (χ2n) is 4.06. The molecule has 1 unspecified atom stereocenters. The largest absolute Gasteiger partial charge is 0.292 e. The lowest BCUT2D eigenvalue weighted by Gasteiger charge is -2.10. The summed E-state index contributed by atoms with van der Waals surface area (Å²) in [5.74, 6) is 0.256. The number of amides is 2. The first-order valence-corrected chi connectivity index (χ1v) is 5.28. The van der Waals surface area contributed by atoms with Crippen molar-refractivity contribution in [3.8, 4) is 0 Å². The molecule has 76 valence electrons.